The Hall–Kier alpha value is -1.79. The van der Waals surface area contributed by atoms with E-state index in [4.69, 9.17) is 5.73 Å². The van der Waals surface area contributed by atoms with Crippen LogP contribution in [0.1, 0.15) is 28.8 Å². The van der Waals surface area contributed by atoms with E-state index in [1.807, 2.05) is 40.9 Å². The number of carbonyl (C=O) groups is 1. The number of nitrogens with two attached hydrogens (primary N) is 1. The van der Waals surface area contributed by atoms with E-state index in [1.165, 1.54) is 0 Å². The third-order valence-electron chi connectivity index (χ3n) is 5.52. The molecule has 2 heterocycles. The SMILES string of the molecule is Cn1ccnc1SCc1cccc(C(=O)N2CC3CCC(N)C3C2)c1. The minimum Gasteiger partial charge on any atom is -0.338 e. The minimum absolute atomic E-state index is 0.144. The zero-order valence-electron chi connectivity index (χ0n) is 14.5. The standard InChI is InChI=1S/C19H24N4OS/c1-22-8-7-21-19(22)25-12-13-3-2-4-14(9-13)18(24)23-10-15-5-6-17(20)16(15)11-23/h2-4,7-9,15-17H,5-6,10-12,20H2,1H3. The Morgan fingerprint density at radius 3 is 3.00 bits per heavy atom. The second kappa shape index (κ2) is 6.84. The van der Waals surface area contributed by atoms with Crippen LogP contribution in [0, 0.1) is 11.8 Å². The molecular formula is C19H24N4OS. The molecule has 132 valence electrons. The average molecular weight is 356 g/mol. The van der Waals surface area contributed by atoms with Crippen molar-refractivity contribution in [1.82, 2.24) is 14.5 Å². The van der Waals surface area contributed by atoms with E-state index in [0.29, 0.717) is 11.8 Å². The predicted octanol–water partition coefficient (Wildman–Crippen LogP) is 2.52. The summed E-state index contributed by atoms with van der Waals surface area (Å²) in [5.41, 5.74) is 8.13. The highest BCUT2D eigenvalue weighted by atomic mass is 32.2. The fourth-order valence-corrected chi connectivity index (χ4v) is 4.96. The molecule has 0 radical (unpaired) electrons. The maximum Gasteiger partial charge on any atom is 0.253 e. The average Bonchev–Trinajstić information content (AvgIpc) is 3.31. The van der Waals surface area contributed by atoms with Crippen LogP contribution in [0.2, 0.25) is 0 Å². The monoisotopic (exact) mass is 356 g/mol. The Morgan fingerprint density at radius 2 is 2.24 bits per heavy atom. The number of benzene rings is 1. The Kier molecular flexibility index (Phi) is 4.56. The molecule has 5 nitrogen and oxygen atoms in total. The molecule has 1 saturated carbocycles. The lowest BCUT2D eigenvalue weighted by Crippen LogP contribution is -2.33. The summed E-state index contributed by atoms with van der Waals surface area (Å²) in [6.45, 7) is 1.68. The molecule has 2 aliphatic rings. The van der Waals surface area contributed by atoms with Crippen LogP contribution in [0.25, 0.3) is 0 Å². The van der Waals surface area contributed by atoms with Gasteiger partial charge in [0.15, 0.2) is 5.16 Å². The Labute approximate surface area is 152 Å². The largest absolute Gasteiger partial charge is 0.338 e. The van der Waals surface area contributed by atoms with Crippen molar-refractivity contribution in [1.29, 1.82) is 0 Å². The third kappa shape index (κ3) is 3.33. The second-order valence-corrected chi connectivity index (χ2v) is 8.13. The molecule has 2 fully saturated rings. The lowest BCUT2D eigenvalue weighted by atomic mass is 9.98. The van der Waals surface area contributed by atoms with Crippen LogP contribution in [0.3, 0.4) is 0 Å². The number of imidazole rings is 1. The third-order valence-corrected chi connectivity index (χ3v) is 6.65. The highest BCUT2D eigenvalue weighted by molar-refractivity contribution is 7.98. The number of rotatable bonds is 4. The van der Waals surface area contributed by atoms with Gasteiger partial charge in [0.25, 0.3) is 5.91 Å². The summed E-state index contributed by atoms with van der Waals surface area (Å²) < 4.78 is 2.01. The molecule has 1 amide bonds. The number of fused-ring (bicyclic) bond motifs is 1. The van der Waals surface area contributed by atoms with Gasteiger partial charge >= 0.3 is 0 Å². The lowest BCUT2D eigenvalue weighted by molar-refractivity contribution is 0.0779. The van der Waals surface area contributed by atoms with Crippen molar-refractivity contribution in [3.8, 4) is 0 Å². The van der Waals surface area contributed by atoms with Gasteiger partial charge in [-0.05, 0) is 42.4 Å². The van der Waals surface area contributed by atoms with Crippen molar-refractivity contribution >= 4 is 17.7 Å². The van der Waals surface area contributed by atoms with E-state index in [-0.39, 0.29) is 11.9 Å². The summed E-state index contributed by atoms with van der Waals surface area (Å²) in [7, 11) is 1.99. The van der Waals surface area contributed by atoms with Gasteiger partial charge in [-0.1, -0.05) is 23.9 Å². The van der Waals surface area contributed by atoms with Gasteiger partial charge in [-0.25, -0.2) is 4.98 Å². The van der Waals surface area contributed by atoms with Crippen molar-refractivity contribution in [3.63, 3.8) is 0 Å². The van der Waals surface area contributed by atoms with E-state index in [0.717, 1.165) is 48.0 Å². The number of thioether (sulfide) groups is 1. The van der Waals surface area contributed by atoms with E-state index in [9.17, 15) is 4.79 Å². The molecule has 1 aliphatic heterocycles. The molecule has 3 atom stereocenters. The maximum atomic E-state index is 12.9. The summed E-state index contributed by atoms with van der Waals surface area (Å²) >= 11 is 1.68. The fourth-order valence-electron chi connectivity index (χ4n) is 4.09. The van der Waals surface area contributed by atoms with Crippen LogP contribution in [0.15, 0.2) is 41.8 Å². The van der Waals surface area contributed by atoms with Gasteiger partial charge in [0.05, 0.1) is 0 Å². The molecule has 2 N–H and O–H groups in total. The van der Waals surface area contributed by atoms with Gasteiger partial charge in [-0.2, -0.15) is 0 Å². The molecule has 6 heteroatoms. The zero-order chi connectivity index (χ0) is 17.4. The molecule has 4 rings (SSSR count). The smallest absolute Gasteiger partial charge is 0.253 e. The topological polar surface area (TPSA) is 64.2 Å². The second-order valence-electron chi connectivity index (χ2n) is 7.19. The minimum atomic E-state index is 0.144. The number of aromatic nitrogens is 2. The lowest BCUT2D eigenvalue weighted by Gasteiger charge is -2.19. The molecular weight excluding hydrogens is 332 g/mol. The summed E-state index contributed by atoms with van der Waals surface area (Å²) in [6, 6.07) is 8.26. The first-order valence-electron chi connectivity index (χ1n) is 8.86. The maximum absolute atomic E-state index is 12.9. The van der Waals surface area contributed by atoms with Crippen LogP contribution >= 0.6 is 11.8 Å². The number of likely N-dealkylation sites (tertiary alicyclic amines) is 1. The zero-order valence-corrected chi connectivity index (χ0v) is 15.3. The summed E-state index contributed by atoms with van der Waals surface area (Å²) in [4.78, 5) is 19.2. The van der Waals surface area contributed by atoms with Gasteiger partial charge in [-0.15, -0.1) is 0 Å². The van der Waals surface area contributed by atoms with Gasteiger partial charge in [0.2, 0.25) is 0 Å². The van der Waals surface area contributed by atoms with Crippen molar-refractivity contribution in [3.05, 3.63) is 47.8 Å². The first-order chi connectivity index (χ1) is 12.1. The van der Waals surface area contributed by atoms with Crippen LogP contribution in [-0.4, -0.2) is 39.5 Å². The number of aryl methyl sites for hydroxylation is 1. The quantitative estimate of drug-likeness (QED) is 0.855. The van der Waals surface area contributed by atoms with E-state index in [1.54, 1.807) is 18.0 Å². The highest BCUT2D eigenvalue weighted by Crippen LogP contribution is 2.37. The molecule has 3 unspecified atom stereocenters. The molecule has 1 saturated heterocycles. The molecule has 1 aromatic heterocycles. The molecule has 25 heavy (non-hydrogen) atoms. The van der Waals surface area contributed by atoms with Gasteiger partial charge in [0.1, 0.15) is 0 Å². The molecule has 2 aromatic rings. The van der Waals surface area contributed by atoms with E-state index < -0.39 is 0 Å². The van der Waals surface area contributed by atoms with Crippen molar-refractivity contribution < 1.29 is 4.79 Å². The number of nitrogens with zero attached hydrogens (tertiary/aromatic N) is 3. The predicted molar refractivity (Wildman–Crippen MR) is 99.3 cm³/mol. The van der Waals surface area contributed by atoms with Gasteiger partial charge < -0.3 is 15.2 Å². The summed E-state index contributed by atoms with van der Waals surface area (Å²) in [5, 5.41) is 0.984. The van der Waals surface area contributed by atoms with Gasteiger partial charge in [-0.3, -0.25) is 4.79 Å². The summed E-state index contributed by atoms with van der Waals surface area (Å²) in [6.07, 6.45) is 6.02. The van der Waals surface area contributed by atoms with E-state index >= 15 is 0 Å². The Morgan fingerprint density at radius 1 is 1.36 bits per heavy atom. The molecule has 1 aromatic carbocycles. The van der Waals surface area contributed by atoms with E-state index in [2.05, 4.69) is 11.1 Å². The highest BCUT2D eigenvalue weighted by Gasteiger charge is 2.42. The molecule has 0 bridgehead atoms. The van der Waals surface area contributed by atoms with Crippen LogP contribution in [0.4, 0.5) is 0 Å². The fraction of sp³-hybridized carbons (Fsp3) is 0.474. The Bertz CT molecular complexity index is 774. The Balaban J connectivity index is 1.42. The van der Waals surface area contributed by atoms with Crippen molar-refractivity contribution in [2.75, 3.05) is 13.1 Å². The van der Waals surface area contributed by atoms with Crippen molar-refractivity contribution in [2.45, 2.75) is 29.8 Å². The van der Waals surface area contributed by atoms with Gasteiger partial charge in [0, 0.05) is 49.9 Å². The van der Waals surface area contributed by atoms with Crippen molar-refractivity contribution in [2.24, 2.45) is 24.6 Å². The van der Waals surface area contributed by atoms with Crippen LogP contribution in [0.5, 0.6) is 0 Å². The number of hydrogen-bond acceptors (Lipinski definition) is 4. The van der Waals surface area contributed by atoms with Crippen LogP contribution < -0.4 is 5.73 Å². The molecule has 0 spiro atoms. The number of carbonyl (C=O) groups excluding carboxylic acids is 1. The summed E-state index contributed by atoms with van der Waals surface area (Å²) in [5.74, 6) is 2.04. The number of hydrogen-bond donors (Lipinski definition) is 1. The van der Waals surface area contributed by atoms with Crippen LogP contribution in [-0.2, 0) is 12.8 Å². The first-order valence-corrected chi connectivity index (χ1v) is 9.84. The first kappa shape index (κ1) is 16.7. The molecule has 1 aliphatic carbocycles. The normalized spacial score (nSPS) is 25.4. The number of amides is 1.